The molecular formula is C36H54F2O5S. The highest BCUT2D eigenvalue weighted by Crippen LogP contribution is 2.68. The predicted molar refractivity (Wildman–Crippen MR) is 167 cm³/mol. The van der Waals surface area contributed by atoms with E-state index in [2.05, 4.69) is 20.8 Å². The van der Waals surface area contributed by atoms with Crippen molar-refractivity contribution < 1.29 is 32.1 Å². The van der Waals surface area contributed by atoms with Gasteiger partial charge in [-0.2, -0.15) is 8.78 Å². The molecule has 2 N–H and O–H groups in total. The number of alkyl halides is 2. The molecule has 6 rings (SSSR count). The van der Waals surface area contributed by atoms with Crippen molar-refractivity contribution in [1.82, 2.24) is 0 Å². The number of fused-ring (bicyclic) bond motifs is 5. The topological polar surface area (TPSA) is 83.8 Å². The van der Waals surface area contributed by atoms with Gasteiger partial charge in [0.25, 0.3) is 0 Å². The second kappa shape index (κ2) is 12.2. The van der Waals surface area contributed by atoms with Crippen molar-refractivity contribution in [3.05, 3.63) is 30.3 Å². The lowest BCUT2D eigenvalue weighted by Gasteiger charge is -2.61. The number of aliphatic hydroxyl groups excluding tert-OH is 1. The number of hydrogen-bond acceptors (Lipinski definition) is 5. The van der Waals surface area contributed by atoms with Crippen LogP contribution in [0.4, 0.5) is 8.78 Å². The third-order valence-electron chi connectivity index (χ3n) is 14.1. The normalized spacial score (nSPS) is 44.0. The lowest BCUT2D eigenvalue weighted by Crippen LogP contribution is -2.54. The van der Waals surface area contributed by atoms with E-state index in [1.54, 1.807) is 24.3 Å². The van der Waals surface area contributed by atoms with Gasteiger partial charge >= 0.3 is 6.61 Å². The summed E-state index contributed by atoms with van der Waals surface area (Å²) in [5, 5.41) is 21.4. The van der Waals surface area contributed by atoms with Gasteiger partial charge in [0, 0.05) is 0 Å². The number of benzene rings is 1. The summed E-state index contributed by atoms with van der Waals surface area (Å²) in [5.74, 6) is 2.59. The average molecular weight is 637 g/mol. The molecule has 10 atom stereocenters. The molecule has 8 heteroatoms. The van der Waals surface area contributed by atoms with E-state index in [1.165, 1.54) is 19.3 Å². The lowest BCUT2D eigenvalue weighted by molar-refractivity contribution is -0.181. The zero-order valence-corrected chi connectivity index (χ0v) is 27.7. The van der Waals surface area contributed by atoms with Crippen LogP contribution in [0.15, 0.2) is 35.2 Å². The van der Waals surface area contributed by atoms with Gasteiger partial charge in [0.1, 0.15) is 0 Å². The fourth-order valence-electron chi connectivity index (χ4n) is 11.8. The van der Waals surface area contributed by atoms with Gasteiger partial charge in [-0.05, 0) is 148 Å². The van der Waals surface area contributed by atoms with Gasteiger partial charge in [0.05, 0.1) is 28.0 Å². The second-order valence-electron chi connectivity index (χ2n) is 16.1. The van der Waals surface area contributed by atoms with E-state index >= 15 is 0 Å². The Hall–Kier alpha value is -1.09. The molecule has 0 bridgehead atoms. The van der Waals surface area contributed by atoms with Gasteiger partial charge in [-0.1, -0.05) is 39.0 Å². The van der Waals surface area contributed by atoms with Crippen LogP contribution in [0.1, 0.15) is 111 Å². The number of hydrogen-bond donors (Lipinski definition) is 2. The first kappa shape index (κ1) is 32.8. The highest BCUT2D eigenvalue weighted by atomic mass is 32.2. The maximum atomic E-state index is 14.4. The van der Waals surface area contributed by atoms with Gasteiger partial charge in [0.15, 0.2) is 9.84 Å². The quantitative estimate of drug-likeness (QED) is 0.304. The molecule has 5 nitrogen and oxygen atoms in total. The van der Waals surface area contributed by atoms with Gasteiger partial charge in [-0.25, -0.2) is 8.42 Å². The van der Waals surface area contributed by atoms with Gasteiger partial charge in [-0.3, -0.25) is 0 Å². The summed E-state index contributed by atoms with van der Waals surface area (Å²) in [6.07, 6.45) is 10.3. The molecule has 0 spiro atoms. The zero-order valence-electron chi connectivity index (χ0n) is 26.8. The summed E-state index contributed by atoms with van der Waals surface area (Å²) < 4.78 is 59.3. The van der Waals surface area contributed by atoms with E-state index in [0.29, 0.717) is 46.8 Å². The summed E-state index contributed by atoms with van der Waals surface area (Å²) >= 11 is 0. The highest BCUT2D eigenvalue weighted by Gasteiger charge is 2.61. The molecule has 1 aromatic rings. The summed E-state index contributed by atoms with van der Waals surface area (Å²) in [4.78, 5) is 0.296. The van der Waals surface area contributed by atoms with Gasteiger partial charge < -0.3 is 14.9 Å². The van der Waals surface area contributed by atoms with Gasteiger partial charge in [-0.15, -0.1) is 0 Å². The molecule has 5 aliphatic carbocycles. The molecule has 5 saturated carbocycles. The molecule has 44 heavy (non-hydrogen) atoms. The van der Waals surface area contributed by atoms with E-state index in [0.717, 1.165) is 38.5 Å². The van der Waals surface area contributed by atoms with E-state index in [9.17, 15) is 27.4 Å². The number of ether oxygens (including phenoxy) is 1. The van der Waals surface area contributed by atoms with Crippen LogP contribution in [-0.4, -0.2) is 48.3 Å². The van der Waals surface area contributed by atoms with Crippen LogP contribution in [0, 0.1) is 46.3 Å². The van der Waals surface area contributed by atoms with Crippen LogP contribution in [0.3, 0.4) is 0 Å². The van der Waals surface area contributed by atoms with Crippen LogP contribution in [0.5, 0.6) is 0 Å². The van der Waals surface area contributed by atoms with Crippen LogP contribution < -0.4 is 0 Å². The van der Waals surface area contributed by atoms with Crippen molar-refractivity contribution in [1.29, 1.82) is 0 Å². The summed E-state index contributed by atoms with van der Waals surface area (Å²) in [6, 6.07) is 8.66. The second-order valence-corrected chi connectivity index (χ2v) is 18.3. The lowest BCUT2D eigenvalue weighted by atomic mass is 9.44. The molecule has 0 amide bonds. The van der Waals surface area contributed by atoms with Crippen molar-refractivity contribution in [2.24, 2.45) is 46.3 Å². The largest absolute Gasteiger partial charge is 0.393 e. The molecule has 248 valence electrons. The highest BCUT2D eigenvalue weighted by molar-refractivity contribution is 7.92. The fourth-order valence-corrected chi connectivity index (χ4v) is 13.9. The summed E-state index contributed by atoms with van der Waals surface area (Å²) in [6.45, 7) is 4.22. The van der Waals surface area contributed by atoms with Crippen molar-refractivity contribution in [3.8, 4) is 0 Å². The van der Waals surface area contributed by atoms with Crippen molar-refractivity contribution in [2.75, 3.05) is 0 Å². The van der Waals surface area contributed by atoms with Gasteiger partial charge in [0.2, 0.25) is 0 Å². The third kappa shape index (κ3) is 5.81. The first-order valence-electron chi connectivity index (χ1n) is 17.4. The molecule has 0 aromatic heterocycles. The summed E-state index contributed by atoms with van der Waals surface area (Å²) in [5.41, 5.74) is -0.881. The Balaban J connectivity index is 1.25. The maximum absolute atomic E-state index is 14.4. The number of halogens is 2. The molecule has 0 heterocycles. The summed E-state index contributed by atoms with van der Waals surface area (Å²) in [7, 11) is -3.76. The van der Waals surface area contributed by atoms with Crippen molar-refractivity contribution in [2.45, 2.75) is 145 Å². The first-order chi connectivity index (χ1) is 20.8. The van der Waals surface area contributed by atoms with E-state index < -0.39 is 33.4 Å². The molecule has 1 aromatic carbocycles. The smallest absolute Gasteiger partial charge is 0.345 e. The minimum Gasteiger partial charge on any atom is -0.393 e. The van der Waals surface area contributed by atoms with Crippen LogP contribution in [0.2, 0.25) is 0 Å². The number of rotatable bonds is 8. The van der Waals surface area contributed by atoms with E-state index in [1.807, 2.05) is 6.07 Å². The Bertz CT molecular complexity index is 1250. The van der Waals surface area contributed by atoms with Crippen LogP contribution in [0.25, 0.3) is 0 Å². The number of sulfone groups is 1. The Morgan fingerprint density at radius 1 is 0.886 bits per heavy atom. The van der Waals surface area contributed by atoms with Crippen molar-refractivity contribution in [3.63, 3.8) is 0 Å². The SMILES string of the molecule is C[C@@H](C1CCC2C3CCC4CC(O)CCC4(C)C3CCC21C)C(CC1(O)CCC(OC(F)F)CC1)S(=O)(=O)c1ccccc1. The molecule has 0 saturated heterocycles. The van der Waals surface area contributed by atoms with Crippen LogP contribution >= 0.6 is 0 Å². The third-order valence-corrected chi connectivity index (χ3v) is 16.5. The predicted octanol–water partition coefficient (Wildman–Crippen LogP) is 7.79. The molecule has 0 radical (unpaired) electrons. The molecule has 5 fully saturated rings. The maximum Gasteiger partial charge on any atom is 0.345 e. The Labute approximate surface area is 263 Å². The number of aliphatic hydroxyl groups is 2. The first-order valence-corrected chi connectivity index (χ1v) is 18.9. The fraction of sp³-hybridized carbons (Fsp3) is 0.833. The van der Waals surface area contributed by atoms with E-state index in [-0.39, 0.29) is 42.6 Å². The van der Waals surface area contributed by atoms with E-state index in [4.69, 9.17) is 4.74 Å². The molecular weight excluding hydrogens is 582 g/mol. The molecule has 0 aliphatic heterocycles. The Morgan fingerprint density at radius 2 is 1.55 bits per heavy atom. The zero-order chi connectivity index (χ0) is 31.5. The molecule has 9 unspecified atom stereocenters. The minimum atomic E-state index is -3.76. The van der Waals surface area contributed by atoms with Crippen LogP contribution in [-0.2, 0) is 14.6 Å². The average Bonchev–Trinajstić information content (AvgIpc) is 3.35. The van der Waals surface area contributed by atoms with Crippen molar-refractivity contribution >= 4 is 9.84 Å². The Kier molecular flexibility index (Phi) is 9.08. The Morgan fingerprint density at radius 3 is 2.23 bits per heavy atom. The monoisotopic (exact) mass is 636 g/mol. The standard InChI is InChI=1S/C36H54F2O5S/c1-23(29-11-12-30-28-10-9-24-21-25(39)13-17-34(24,2)31(28)16-18-35(29,30)3)32(44(41,42)27-7-5-4-6-8-27)22-36(40)19-14-26(15-20-36)43-33(37)38/h4-8,23-26,28-33,39-40H,9-22H2,1-3H3/t23-,24?,25?,26?,28?,29?,30?,31?,32?,34?,35?,36?/m0/s1. The minimum absolute atomic E-state index is 0.0494. The molecule has 5 aliphatic rings.